The smallest absolute Gasteiger partial charge is 0.128 e. The van der Waals surface area contributed by atoms with Crippen LogP contribution in [0.2, 0.25) is 0 Å². The highest BCUT2D eigenvalue weighted by Gasteiger charge is 2.19. The number of anilines is 1. The second kappa shape index (κ2) is 4.93. The molecule has 0 spiro atoms. The maximum atomic E-state index is 11.3. The van der Waals surface area contributed by atoms with Crippen LogP contribution in [0, 0.1) is 6.92 Å². The van der Waals surface area contributed by atoms with E-state index < -0.39 is 11.0 Å². The fraction of sp³-hybridized carbons (Fsp3) is 0.545. The highest BCUT2D eigenvalue weighted by molar-refractivity contribution is 7.81. The van der Waals surface area contributed by atoms with Crippen molar-refractivity contribution in [2.24, 2.45) is 0 Å². The third kappa shape index (κ3) is 2.59. The molecule has 1 saturated heterocycles. The lowest BCUT2D eigenvalue weighted by atomic mass is 10.3. The molecule has 0 aliphatic carbocycles. The van der Waals surface area contributed by atoms with E-state index in [9.17, 15) is 4.21 Å². The van der Waals surface area contributed by atoms with Crippen LogP contribution in [0.25, 0.3) is 0 Å². The quantitative estimate of drug-likeness (QED) is 0.766. The Kier molecular flexibility index (Phi) is 3.56. The van der Waals surface area contributed by atoms with E-state index in [1.165, 1.54) is 5.56 Å². The highest BCUT2D eigenvalue weighted by Crippen LogP contribution is 2.14. The number of aromatic nitrogens is 1. The molecule has 0 bridgehead atoms. The number of hydrogen-bond donors (Lipinski definition) is 0. The predicted molar refractivity (Wildman–Crippen MR) is 66.8 cm³/mol. The molecule has 2 heterocycles. The van der Waals surface area contributed by atoms with Gasteiger partial charge in [-0.1, -0.05) is 6.07 Å². The summed E-state index contributed by atoms with van der Waals surface area (Å²) in [5.41, 5.74) is 1.18. The lowest BCUT2D eigenvalue weighted by molar-refractivity contribution is 0.411. The lowest BCUT2D eigenvalue weighted by Crippen LogP contribution is -2.46. The summed E-state index contributed by atoms with van der Waals surface area (Å²) in [5.74, 6) is 1.02. The van der Waals surface area contributed by atoms with Crippen molar-refractivity contribution in [2.75, 3.05) is 37.3 Å². The number of rotatable bonds is 2. The molecule has 16 heavy (non-hydrogen) atoms. The first-order valence-corrected chi connectivity index (χ1v) is 6.94. The summed E-state index contributed by atoms with van der Waals surface area (Å²) in [5, 5.41) is 0. The Balaban J connectivity index is 1.99. The van der Waals surface area contributed by atoms with Crippen LogP contribution in [0.1, 0.15) is 5.56 Å². The maximum absolute atomic E-state index is 11.3. The van der Waals surface area contributed by atoms with Crippen molar-refractivity contribution in [1.82, 2.24) is 9.29 Å². The van der Waals surface area contributed by atoms with Crippen molar-refractivity contribution in [3.8, 4) is 0 Å². The van der Waals surface area contributed by atoms with E-state index in [-0.39, 0.29) is 0 Å². The van der Waals surface area contributed by atoms with Crippen molar-refractivity contribution in [1.29, 1.82) is 0 Å². The first kappa shape index (κ1) is 11.5. The third-order valence-corrected chi connectivity index (χ3v) is 3.91. The van der Waals surface area contributed by atoms with Gasteiger partial charge >= 0.3 is 0 Å². The molecule has 1 aromatic heterocycles. The van der Waals surface area contributed by atoms with Crippen LogP contribution in [0.3, 0.4) is 0 Å². The molecule has 1 atom stereocenters. The van der Waals surface area contributed by atoms with Gasteiger partial charge in [-0.3, -0.25) is 0 Å². The topological polar surface area (TPSA) is 36.4 Å². The van der Waals surface area contributed by atoms with E-state index >= 15 is 0 Å². The normalized spacial score (nSPS) is 19.8. The van der Waals surface area contributed by atoms with Crippen molar-refractivity contribution in [3.63, 3.8) is 0 Å². The third-order valence-electron chi connectivity index (χ3n) is 2.82. The average molecular weight is 239 g/mol. The fourth-order valence-electron chi connectivity index (χ4n) is 1.82. The highest BCUT2D eigenvalue weighted by atomic mass is 32.2. The zero-order valence-electron chi connectivity index (χ0n) is 9.72. The molecule has 0 aromatic carbocycles. The maximum Gasteiger partial charge on any atom is 0.128 e. The summed E-state index contributed by atoms with van der Waals surface area (Å²) < 4.78 is 13.3. The van der Waals surface area contributed by atoms with Crippen molar-refractivity contribution < 1.29 is 4.21 Å². The second-order valence-corrected chi connectivity index (χ2v) is 5.40. The molecule has 1 aliphatic heterocycles. The Morgan fingerprint density at radius 3 is 2.44 bits per heavy atom. The Morgan fingerprint density at radius 1 is 1.25 bits per heavy atom. The summed E-state index contributed by atoms with van der Waals surface area (Å²) in [6.45, 7) is 5.53. The monoisotopic (exact) mass is 239 g/mol. The summed E-state index contributed by atoms with van der Waals surface area (Å²) >= 11 is 0. The Morgan fingerprint density at radius 2 is 1.94 bits per heavy atom. The molecule has 1 aromatic rings. The Hall–Kier alpha value is -0.940. The first-order chi connectivity index (χ1) is 7.66. The van der Waals surface area contributed by atoms with Gasteiger partial charge in [-0.05, 0) is 18.6 Å². The van der Waals surface area contributed by atoms with Gasteiger partial charge in [-0.2, -0.15) is 0 Å². The number of aryl methyl sites for hydroxylation is 1. The van der Waals surface area contributed by atoms with Crippen LogP contribution < -0.4 is 4.90 Å². The Bertz CT molecular complexity index is 371. The molecule has 4 nitrogen and oxygen atoms in total. The average Bonchev–Trinajstić information content (AvgIpc) is 2.30. The molecule has 0 radical (unpaired) electrons. The van der Waals surface area contributed by atoms with Gasteiger partial charge in [0.2, 0.25) is 0 Å². The van der Waals surface area contributed by atoms with Crippen LogP contribution in [0.5, 0.6) is 0 Å². The van der Waals surface area contributed by atoms with Gasteiger partial charge in [0.15, 0.2) is 0 Å². The van der Waals surface area contributed by atoms with Gasteiger partial charge in [0.05, 0.1) is 11.0 Å². The van der Waals surface area contributed by atoms with Gasteiger partial charge in [-0.15, -0.1) is 0 Å². The van der Waals surface area contributed by atoms with Gasteiger partial charge in [0, 0.05) is 38.6 Å². The zero-order chi connectivity index (χ0) is 11.5. The summed E-state index contributed by atoms with van der Waals surface area (Å²) in [6, 6.07) is 4.13. The van der Waals surface area contributed by atoms with Crippen LogP contribution in [0.15, 0.2) is 18.3 Å². The summed E-state index contributed by atoms with van der Waals surface area (Å²) in [7, 11) is -0.841. The van der Waals surface area contributed by atoms with Gasteiger partial charge in [-0.25, -0.2) is 13.5 Å². The van der Waals surface area contributed by atoms with Crippen LogP contribution in [0.4, 0.5) is 5.82 Å². The minimum absolute atomic E-state index is 0.841. The summed E-state index contributed by atoms with van der Waals surface area (Å²) in [6.07, 6.45) is 3.62. The molecule has 1 unspecified atom stereocenters. The number of nitrogens with zero attached hydrogens (tertiary/aromatic N) is 3. The molecule has 0 saturated carbocycles. The largest absolute Gasteiger partial charge is 0.354 e. The molecule has 1 aliphatic rings. The lowest BCUT2D eigenvalue weighted by Gasteiger charge is -2.33. The molecular formula is C11H17N3OS. The van der Waals surface area contributed by atoms with Gasteiger partial charge in [0.25, 0.3) is 0 Å². The van der Waals surface area contributed by atoms with Crippen LogP contribution >= 0.6 is 0 Å². The minimum Gasteiger partial charge on any atom is -0.354 e. The van der Waals surface area contributed by atoms with E-state index in [0.717, 1.165) is 32.0 Å². The van der Waals surface area contributed by atoms with Crippen molar-refractivity contribution in [3.05, 3.63) is 23.9 Å². The van der Waals surface area contributed by atoms with E-state index in [1.54, 1.807) is 6.26 Å². The molecular weight excluding hydrogens is 222 g/mol. The van der Waals surface area contributed by atoms with E-state index in [0.29, 0.717) is 0 Å². The second-order valence-electron chi connectivity index (χ2n) is 4.03. The Labute approximate surface area is 98.9 Å². The zero-order valence-corrected chi connectivity index (χ0v) is 10.5. The van der Waals surface area contributed by atoms with Crippen molar-refractivity contribution in [2.45, 2.75) is 6.92 Å². The van der Waals surface area contributed by atoms with Gasteiger partial charge < -0.3 is 4.90 Å². The molecule has 1 fully saturated rings. The molecule has 88 valence electrons. The van der Waals surface area contributed by atoms with E-state index in [2.05, 4.69) is 16.0 Å². The SMILES string of the molecule is Cc1ccc(N2CCN(S(C)=O)CC2)nc1. The molecule has 0 N–H and O–H groups in total. The van der Waals surface area contributed by atoms with Crippen molar-refractivity contribution >= 4 is 16.8 Å². The fourth-order valence-corrected chi connectivity index (χ4v) is 2.50. The minimum atomic E-state index is -0.841. The standard InChI is InChI=1S/C11H17N3OS/c1-10-3-4-11(12-9-10)13-5-7-14(8-6-13)16(2)15/h3-4,9H,5-8H2,1-2H3. The van der Waals surface area contributed by atoms with Gasteiger partial charge in [0.1, 0.15) is 5.82 Å². The predicted octanol–water partition coefficient (Wildman–Crippen LogP) is 0.806. The first-order valence-electron chi connectivity index (χ1n) is 5.43. The van der Waals surface area contributed by atoms with E-state index in [1.807, 2.05) is 23.5 Å². The van der Waals surface area contributed by atoms with E-state index in [4.69, 9.17) is 0 Å². The van der Waals surface area contributed by atoms with Crippen LogP contribution in [-0.4, -0.2) is 45.9 Å². The summed E-state index contributed by atoms with van der Waals surface area (Å²) in [4.78, 5) is 6.64. The number of hydrogen-bond acceptors (Lipinski definition) is 3. The number of piperazine rings is 1. The molecule has 0 amide bonds. The van der Waals surface area contributed by atoms with Crippen LogP contribution in [-0.2, 0) is 11.0 Å². The molecule has 2 rings (SSSR count). The molecule has 5 heteroatoms. The number of pyridine rings is 1.